The molecular formula is C9H6BrNO2. The first-order valence-corrected chi connectivity index (χ1v) is 4.47. The molecule has 4 heteroatoms. The van der Waals surface area contributed by atoms with Crippen LogP contribution in [0.15, 0.2) is 22.7 Å². The quantitative estimate of drug-likeness (QED) is 0.752. The zero-order valence-electron chi connectivity index (χ0n) is 6.54. The summed E-state index contributed by atoms with van der Waals surface area (Å²) in [5.41, 5.74) is 1.04. The van der Waals surface area contributed by atoms with Crippen LogP contribution in [-0.2, 0) is 0 Å². The molecule has 66 valence electrons. The Morgan fingerprint density at radius 2 is 2.23 bits per heavy atom. The summed E-state index contributed by atoms with van der Waals surface area (Å²) in [6.45, 7) is 0. The summed E-state index contributed by atoms with van der Waals surface area (Å²) in [5, 5.41) is 10.1. The first-order valence-electron chi connectivity index (χ1n) is 3.68. The van der Waals surface area contributed by atoms with Crippen LogP contribution in [0.5, 0.6) is 5.88 Å². The van der Waals surface area contributed by atoms with E-state index in [1.807, 2.05) is 12.1 Å². The number of rotatable bonds is 1. The summed E-state index contributed by atoms with van der Waals surface area (Å²) in [6, 6.07) is 5.43. The van der Waals surface area contributed by atoms with Crippen LogP contribution in [-0.4, -0.2) is 16.4 Å². The third-order valence-electron chi connectivity index (χ3n) is 1.92. The van der Waals surface area contributed by atoms with Gasteiger partial charge in [-0.25, -0.2) is 0 Å². The maximum Gasteiger partial charge on any atom is 0.200 e. The molecule has 0 saturated carbocycles. The fraction of sp³-hybridized carbons (Fsp3) is 0. The lowest BCUT2D eigenvalue weighted by atomic mass is 10.2. The molecule has 0 radical (unpaired) electrons. The number of hydrogen-bond acceptors (Lipinski definition) is 2. The molecule has 0 bridgehead atoms. The van der Waals surface area contributed by atoms with Crippen molar-refractivity contribution in [2.24, 2.45) is 0 Å². The lowest BCUT2D eigenvalue weighted by molar-refractivity contribution is 0.112. The van der Waals surface area contributed by atoms with Crippen LogP contribution >= 0.6 is 15.9 Å². The summed E-state index contributed by atoms with van der Waals surface area (Å²) in [4.78, 5) is 13.3. The molecule has 13 heavy (non-hydrogen) atoms. The number of hydrogen-bond donors (Lipinski definition) is 2. The van der Waals surface area contributed by atoms with E-state index in [9.17, 15) is 9.90 Å². The number of aromatic hydroxyl groups is 1. The van der Waals surface area contributed by atoms with Gasteiger partial charge in [0.1, 0.15) is 0 Å². The van der Waals surface area contributed by atoms with Crippen LogP contribution in [0.25, 0.3) is 10.9 Å². The van der Waals surface area contributed by atoms with Crippen LogP contribution in [0.2, 0.25) is 0 Å². The van der Waals surface area contributed by atoms with Gasteiger partial charge in [-0.05, 0) is 22.0 Å². The average molecular weight is 240 g/mol. The molecular weight excluding hydrogens is 234 g/mol. The Morgan fingerprint density at radius 3 is 2.92 bits per heavy atom. The second kappa shape index (κ2) is 2.88. The number of para-hydroxylation sites is 1. The maximum atomic E-state index is 10.6. The fourth-order valence-corrected chi connectivity index (χ4v) is 1.77. The highest BCUT2D eigenvalue weighted by molar-refractivity contribution is 9.10. The standard InChI is InChI=1S/C9H6BrNO2/c10-7-3-1-2-5-6(4-12)9(13)11-8(5)7/h1-4,11,13H. The minimum atomic E-state index is -0.0862. The van der Waals surface area contributed by atoms with Crippen molar-refractivity contribution in [3.8, 4) is 5.88 Å². The summed E-state index contributed by atoms with van der Waals surface area (Å²) in [6.07, 6.45) is 0.639. The van der Waals surface area contributed by atoms with Gasteiger partial charge >= 0.3 is 0 Å². The summed E-state index contributed by atoms with van der Waals surface area (Å²) < 4.78 is 0.827. The minimum Gasteiger partial charge on any atom is -0.494 e. The molecule has 0 saturated heterocycles. The van der Waals surface area contributed by atoms with Crippen molar-refractivity contribution in [2.75, 3.05) is 0 Å². The molecule has 0 aliphatic rings. The van der Waals surface area contributed by atoms with E-state index in [4.69, 9.17) is 0 Å². The number of aromatic nitrogens is 1. The van der Waals surface area contributed by atoms with Crippen molar-refractivity contribution in [2.45, 2.75) is 0 Å². The molecule has 0 unspecified atom stereocenters. The van der Waals surface area contributed by atoms with Gasteiger partial charge in [0.05, 0.1) is 11.1 Å². The second-order valence-corrected chi connectivity index (χ2v) is 3.52. The van der Waals surface area contributed by atoms with E-state index in [2.05, 4.69) is 20.9 Å². The summed E-state index contributed by atoms with van der Waals surface area (Å²) in [5.74, 6) is -0.0862. The third-order valence-corrected chi connectivity index (χ3v) is 2.58. The largest absolute Gasteiger partial charge is 0.494 e. The van der Waals surface area contributed by atoms with Gasteiger partial charge < -0.3 is 10.1 Å². The number of aldehydes is 1. The Morgan fingerprint density at radius 1 is 1.46 bits per heavy atom. The smallest absolute Gasteiger partial charge is 0.200 e. The van der Waals surface area contributed by atoms with Crippen molar-refractivity contribution >= 4 is 33.1 Å². The number of aromatic amines is 1. The number of carbonyl (C=O) groups is 1. The van der Waals surface area contributed by atoms with E-state index < -0.39 is 0 Å². The maximum absolute atomic E-state index is 10.6. The van der Waals surface area contributed by atoms with Crippen LogP contribution in [0.1, 0.15) is 10.4 Å². The molecule has 1 aromatic heterocycles. The van der Waals surface area contributed by atoms with E-state index in [0.717, 1.165) is 15.4 Å². The zero-order chi connectivity index (χ0) is 9.42. The molecule has 0 aliphatic heterocycles. The van der Waals surface area contributed by atoms with Gasteiger partial charge in [0.25, 0.3) is 0 Å². The molecule has 2 rings (SSSR count). The number of benzene rings is 1. The van der Waals surface area contributed by atoms with E-state index in [1.165, 1.54) is 0 Å². The topological polar surface area (TPSA) is 53.1 Å². The average Bonchev–Trinajstić information content (AvgIpc) is 2.43. The Labute approximate surface area is 82.5 Å². The lowest BCUT2D eigenvalue weighted by Crippen LogP contribution is -1.75. The van der Waals surface area contributed by atoms with Crippen LogP contribution in [0.3, 0.4) is 0 Å². The molecule has 0 fully saturated rings. The summed E-state index contributed by atoms with van der Waals surface area (Å²) in [7, 11) is 0. The number of fused-ring (bicyclic) bond motifs is 1. The van der Waals surface area contributed by atoms with E-state index in [-0.39, 0.29) is 5.88 Å². The number of nitrogens with one attached hydrogen (secondary N) is 1. The van der Waals surface area contributed by atoms with Gasteiger partial charge in [-0.1, -0.05) is 12.1 Å². The minimum absolute atomic E-state index is 0.0862. The highest BCUT2D eigenvalue weighted by Crippen LogP contribution is 2.30. The number of H-pyrrole nitrogens is 1. The first-order chi connectivity index (χ1) is 6.24. The SMILES string of the molecule is O=Cc1c(O)[nH]c2c(Br)cccc12. The third kappa shape index (κ3) is 1.14. The van der Waals surface area contributed by atoms with Gasteiger partial charge in [0.2, 0.25) is 0 Å². The molecule has 2 N–H and O–H groups in total. The molecule has 2 aromatic rings. The number of halogens is 1. The monoisotopic (exact) mass is 239 g/mol. The molecule has 3 nitrogen and oxygen atoms in total. The Kier molecular flexibility index (Phi) is 1.84. The number of carbonyl (C=O) groups excluding carboxylic acids is 1. The summed E-state index contributed by atoms with van der Waals surface area (Å²) >= 11 is 3.32. The van der Waals surface area contributed by atoms with Crippen molar-refractivity contribution in [1.29, 1.82) is 0 Å². The van der Waals surface area contributed by atoms with Gasteiger partial charge in [-0.15, -0.1) is 0 Å². The molecule has 0 amide bonds. The van der Waals surface area contributed by atoms with Crippen molar-refractivity contribution in [3.63, 3.8) is 0 Å². The van der Waals surface area contributed by atoms with E-state index >= 15 is 0 Å². The molecule has 0 atom stereocenters. The van der Waals surface area contributed by atoms with Gasteiger partial charge in [0.15, 0.2) is 12.2 Å². The Bertz CT molecular complexity index is 476. The van der Waals surface area contributed by atoms with Gasteiger partial charge in [-0.3, -0.25) is 4.79 Å². The normalized spacial score (nSPS) is 10.5. The predicted molar refractivity (Wildman–Crippen MR) is 53.1 cm³/mol. The van der Waals surface area contributed by atoms with Crippen molar-refractivity contribution < 1.29 is 9.90 Å². The molecule has 1 aromatic carbocycles. The zero-order valence-corrected chi connectivity index (χ0v) is 8.13. The van der Waals surface area contributed by atoms with Crippen LogP contribution in [0, 0.1) is 0 Å². The van der Waals surface area contributed by atoms with Crippen LogP contribution < -0.4 is 0 Å². The van der Waals surface area contributed by atoms with Gasteiger partial charge in [-0.2, -0.15) is 0 Å². The van der Waals surface area contributed by atoms with Gasteiger partial charge in [0, 0.05) is 9.86 Å². The van der Waals surface area contributed by atoms with Crippen LogP contribution in [0.4, 0.5) is 0 Å². The predicted octanol–water partition coefficient (Wildman–Crippen LogP) is 2.45. The highest BCUT2D eigenvalue weighted by atomic mass is 79.9. The molecule has 0 spiro atoms. The molecule has 0 aliphatic carbocycles. The Balaban J connectivity index is 2.93. The van der Waals surface area contributed by atoms with E-state index in [0.29, 0.717) is 11.8 Å². The Hall–Kier alpha value is -1.29. The molecule has 1 heterocycles. The highest BCUT2D eigenvalue weighted by Gasteiger charge is 2.10. The van der Waals surface area contributed by atoms with Crippen molar-refractivity contribution in [1.82, 2.24) is 4.98 Å². The van der Waals surface area contributed by atoms with Crippen molar-refractivity contribution in [3.05, 3.63) is 28.2 Å². The van der Waals surface area contributed by atoms with E-state index in [1.54, 1.807) is 6.07 Å². The fourth-order valence-electron chi connectivity index (χ4n) is 1.31. The second-order valence-electron chi connectivity index (χ2n) is 2.67. The first kappa shape index (κ1) is 8.31. The lowest BCUT2D eigenvalue weighted by Gasteiger charge is -1.91.